The molecule has 13 nitrogen and oxygen atoms in total. The maximum Gasteiger partial charge on any atom is 0.352 e. The Morgan fingerprint density at radius 3 is 2.32 bits per heavy atom. The molecule has 0 radical (unpaired) electrons. The van der Waals surface area contributed by atoms with Crippen LogP contribution in [0.5, 0.6) is 5.75 Å². The molecular formula is C20H27N5O8S. The molecule has 1 aromatic carbocycles. The van der Waals surface area contributed by atoms with Gasteiger partial charge in [-0.15, -0.1) is 0 Å². The number of allylic oxidation sites excluding steroid dienone is 1. The SMILES string of the molecule is Cc1cc(OC2=C([N+](=O)[O-])C(C(C(=O)O)C(C)C)=NC(S(C)(=O)=O)N2N)cc(C(=O)N(C)C)c1. The average molecular weight is 498 g/mol. The number of aliphatic imine (C=N–C) groups is 1. The van der Waals surface area contributed by atoms with E-state index in [1.165, 1.54) is 30.9 Å². The summed E-state index contributed by atoms with van der Waals surface area (Å²) in [5.74, 6) is 1.17. The van der Waals surface area contributed by atoms with Gasteiger partial charge in [-0.25, -0.2) is 24.3 Å². The third-order valence-corrected chi connectivity index (χ3v) is 5.98. The number of aliphatic carboxylic acids is 1. The highest BCUT2D eigenvalue weighted by atomic mass is 32.2. The van der Waals surface area contributed by atoms with Crippen molar-refractivity contribution in [2.24, 2.45) is 22.7 Å². The molecule has 0 spiro atoms. The summed E-state index contributed by atoms with van der Waals surface area (Å²) in [6.45, 7) is 4.67. The summed E-state index contributed by atoms with van der Waals surface area (Å²) in [5.41, 5.74) is -2.55. The number of hydrazine groups is 1. The number of carbonyl (C=O) groups is 2. The van der Waals surface area contributed by atoms with Crippen molar-refractivity contribution in [2.75, 3.05) is 20.4 Å². The molecule has 186 valence electrons. The lowest BCUT2D eigenvalue weighted by atomic mass is 9.89. The smallest absolute Gasteiger partial charge is 0.352 e. The van der Waals surface area contributed by atoms with Crippen molar-refractivity contribution in [3.05, 3.63) is 51.0 Å². The molecule has 0 bridgehead atoms. The Kier molecular flexibility index (Phi) is 7.68. The van der Waals surface area contributed by atoms with Crippen LogP contribution in [0, 0.1) is 28.9 Å². The van der Waals surface area contributed by atoms with Gasteiger partial charge in [0.15, 0.2) is 9.84 Å². The Morgan fingerprint density at radius 2 is 1.88 bits per heavy atom. The van der Waals surface area contributed by atoms with E-state index in [9.17, 15) is 33.2 Å². The number of hydrogen-bond donors (Lipinski definition) is 2. The lowest BCUT2D eigenvalue weighted by Crippen LogP contribution is -2.51. The van der Waals surface area contributed by atoms with Gasteiger partial charge >= 0.3 is 11.7 Å². The monoisotopic (exact) mass is 497 g/mol. The van der Waals surface area contributed by atoms with E-state index >= 15 is 0 Å². The molecule has 0 aliphatic carbocycles. The third kappa shape index (κ3) is 5.51. The predicted molar refractivity (Wildman–Crippen MR) is 122 cm³/mol. The zero-order valence-electron chi connectivity index (χ0n) is 19.5. The number of nitrogens with two attached hydrogens (primary N) is 1. The fourth-order valence-corrected chi connectivity index (χ4v) is 4.21. The second-order valence-electron chi connectivity index (χ2n) is 8.38. The van der Waals surface area contributed by atoms with Crippen molar-refractivity contribution >= 4 is 27.4 Å². The molecule has 2 atom stereocenters. The van der Waals surface area contributed by atoms with Gasteiger partial charge in [-0.2, -0.15) is 0 Å². The number of carbonyl (C=O) groups excluding carboxylic acids is 1. The molecule has 0 fully saturated rings. The van der Waals surface area contributed by atoms with Crippen LogP contribution < -0.4 is 10.6 Å². The number of ether oxygens (including phenoxy) is 1. The average Bonchev–Trinajstić information content (AvgIpc) is 2.67. The molecule has 34 heavy (non-hydrogen) atoms. The number of sulfone groups is 1. The van der Waals surface area contributed by atoms with Crippen molar-refractivity contribution in [2.45, 2.75) is 26.3 Å². The summed E-state index contributed by atoms with van der Waals surface area (Å²) in [7, 11) is -1.00. The molecule has 1 heterocycles. The molecule has 1 aliphatic heterocycles. The predicted octanol–water partition coefficient (Wildman–Crippen LogP) is 0.837. The zero-order valence-corrected chi connectivity index (χ0v) is 20.4. The fraction of sp³-hybridized carbons (Fsp3) is 0.450. The Bertz CT molecular complexity index is 1190. The number of aryl methyl sites for hydroxylation is 1. The van der Waals surface area contributed by atoms with Crippen molar-refractivity contribution in [1.29, 1.82) is 0 Å². The highest BCUT2D eigenvalue weighted by molar-refractivity contribution is 7.91. The van der Waals surface area contributed by atoms with Gasteiger partial charge in [0.2, 0.25) is 5.50 Å². The van der Waals surface area contributed by atoms with Gasteiger partial charge in [-0.1, -0.05) is 13.8 Å². The summed E-state index contributed by atoms with van der Waals surface area (Å²) in [6, 6.07) is 4.35. The van der Waals surface area contributed by atoms with E-state index in [4.69, 9.17) is 10.6 Å². The van der Waals surface area contributed by atoms with E-state index in [0.29, 0.717) is 10.6 Å². The zero-order chi connectivity index (χ0) is 26.1. The molecule has 2 rings (SSSR count). The minimum Gasteiger partial charge on any atom is -0.481 e. The van der Waals surface area contributed by atoms with Crippen LogP contribution in [0.2, 0.25) is 0 Å². The van der Waals surface area contributed by atoms with E-state index in [-0.39, 0.29) is 17.2 Å². The van der Waals surface area contributed by atoms with Gasteiger partial charge < -0.3 is 14.7 Å². The van der Waals surface area contributed by atoms with Gasteiger partial charge in [0.05, 0.1) is 4.92 Å². The Morgan fingerprint density at radius 1 is 1.29 bits per heavy atom. The molecule has 3 N–H and O–H groups in total. The van der Waals surface area contributed by atoms with Crippen LogP contribution >= 0.6 is 0 Å². The van der Waals surface area contributed by atoms with Crippen LogP contribution in [0.1, 0.15) is 29.8 Å². The Hall–Kier alpha value is -3.52. The largest absolute Gasteiger partial charge is 0.481 e. The van der Waals surface area contributed by atoms with E-state index in [1.54, 1.807) is 27.1 Å². The summed E-state index contributed by atoms with van der Waals surface area (Å²) >= 11 is 0. The molecule has 0 saturated carbocycles. The summed E-state index contributed by atoms with van der Waals surface area (Å²) in [4.78, 5) is 40.7. The van der Waals surface area contributed by atoms with Crippen LogP contribution in [-0.4, -0.2) is 71.8 Å². The van der Waals surface area contributed by atoms with Crippen molar-refractivity contribution in [3.63, 3.8) is 0 Å². The van der Waals surface area contributed by atoms with Gasteiger partial charge in [-0.05, 0) is 36.6 Å². The standard InChI is InChI=1S/C20H27N5O8S/c1-10(2)14(19(27)28)15-16(25(29)30)18(24(21)20(22-15)34(6,31)32)33-13-8-11(3)7-12(9-13)17(26)23(4)5/h7-10,14,20H,21H2,1-6H3,(H,27,28). The third-order valence-electron chi connectivity index (χ3n) is 4.88. The number of benzene rings is 1. The molecule has 1 aliphatic rings. The van der Waals surface area contributed by atoms with Gasteiger partial charge in [0.25, 0.3) is 11.8 Å². The highest BCUT2D eigenvalue weighted by Crippen LogP contribution is 2.31. The van der Waals surface area contributed by atoms with Crippen molar-refractivity contribution in [3.8, 4) is 5.75 Å². The number of carboxylic acid groups (broad SMARTS) is 1. The Balaban J connectivity index is 2.79. The first-order chi connectivity index (χ1) is 15.6. The Labute approximate surface area is 196 Å². The quantitative estimate of drug-likeness (QED) is 0.296. The second kappa shape index (κ2) is 9.77. The minimum absolute atomic E-state index is 0.0417. The molecule has 1 aromatic rings. The number of rotatable bonds is 8. The first-order valence-corrected chi connectivity index (χ1v) is 11.9. The van der Waals surface area contributed by atoms with E-state index in [1.807, 2.05) is 0 Å². The van der Waals surface area contributed by atoms with E-state index in [0.717, 1.165) is 6.26 Å². The van der Waals surface area contributed by atoms with Crippen LogP contribution in [0.25, 0.3) is 0 Å². The number of nitrogens with zero attached hydrogens (tertiary/aromatic N) is 4. The van der Waals surface area contributed by atoms with Gasteiger partial charge in [-0.3, -0.25) is 19.7 Å². The maximum atomic E-state index is 12.4. The van der Waals surface area contributed by atoms with Gasteiger partial charge in [0.1, 0.15) is 17.4 Å². The van der Waals surface area contributed by atoms with E-state index in [2.05, 4.69) is 4.99 Å². The lowest BCUT2D eigenvalue weighted by Gasteiger charge is -2.32. The number of hydrogen-bond acceptors (Lipinski definition) is 10. The summed E-state index contributed by atoms with van der Waals surface area (Å²) in [5, 5.41) is 22.2. The summed E-state index contributed by atoms with van der Waals surface area (Å²) in [6.07, 6.45) is 0.805. The number of nitro groups is 1. The lowest BCUT2D eigenvalue weighted by molar-refractivity contribution is -0.420. The highest BCUT2D eigenvalue weighted by Gasteiger charge is 2.47. The topological polar surface area (TPSA) is 186 Å². The molecule has 2 unspecified atom stereocenters. The molecule has 0 aromatic heterocycles. The van der Waals surface area contributed by atoms with Crippen LogP contribution in [-0.2, 0) is 14.6 Å². The second-order valence-corrected chi connectivity index (χ2v) is 10.5. The molecule has 14 heteroatoms. The first-order valence-electron chi connectivity index (χ1n) is 9.99. The van der Waals surface area contributed by atoms with Crippen molar-refractivity contribution < 1.29 is 32.8 Å². The van der Waals surface area contributed by atoms with Crippen LogP contribution in [0.3, 0.4) is 0 Å². The van der Waals surface area contributed by atoms with Crippen LogP contribution in [0.15, 0.2) is 34.8 Å². The van der Waals surface area contributed by atoms with Crippen molar-refractivity contribution in [1.82, 2.24) is 9.91 Å². The summed E-state index contributed by atoms with van der Waals surface area (Å²) < 4.78 is 30.4. The van der Waals surface area contributed by atoms with Crippen LogP contribution in [0.4, 0.5) is 0 Å². The number of amides is 1. The normalized spacial score (nSPS) is 17.4. The molecule has 0 saturated heterocycles. The number of carboxylic acids is 1. The van der Waals surface area contributed by atoms with Gasteiger partial charge in [0, 0.05) is 25.9 Å². The van der Waals surface area contributed by atoms with E-state index < -0.39 is 55.4 Å². The first kappa shape index (κ1) is 26.7. The fourth-order valence-electron chi connectivity index (χ4n) is 3.39. The minimum atomic E-state index is -4.09. The molecule has 1 amide bonds. The molecular weight excluding hydrogens is 470 g/mol. The maximum absolute atomic E-state index is 12.4.